The average molecular weight is 297 g/mol. The number of carbonyl (C=O) groups is 2. The summed E-state index contributed by atoms with van der Waals surface area (Å²) in [6.07, 6.45) is 5.54. The molecule has 1 aromatic heterocycles. The molecule has 5 nitrogen and oxygen atoms in total. The Morgan fingerprint density at radius 1 is 1.30 bits per heavy atom. The van der Waals surface area contributed by atoms with Gasteiger partial charge in [-0.05, 0) is 37.3 Å². The summed E-state index contributed by atoms with van der Waals surface area (Å²) in [6.45, 7) is -0.266. The molecule has 0 unspecified atom stereocenters. The number of thiophene rings is 1. The van der Waals surface area contributed by atoms with Gasteiger partial charge in [-0.2, -0.15) is 0 Å². The van der Waals surface area contributed by atoms with Crippen molar-refractivity contribution >= 4 is 23.2 Å². The number of aliphatic hydroxyl groups excluding tert-OH is 1. The molecule has 0 bridgehead atoms. The molecule has 1 aromatic rings. The number of hydrogen-bond acceptors (Lipinski definition) is 4. The maximum absolute atomic E-state index is 12.1. The third kappa shape index (κ3) is 3.58. The van der Waals surface area contributed by atoms with Gasteiger partial charge in [0.2, 0.25) is 0 Å². The first-order valence-electron chi connectivity index (χ1n) is 6.88. The standard InChI is InChI=1S/C14H19NO4S/c16-7-6-10(14(18)19)15-13(17)12-8-9-4-2-1-3-5-11(9)20-12/h8,10,16H,1-7H2,(H,15,17)(H,18,19)/t10-/m0/s1. The van der Waals surface area contributed by atoms with Crippen molar-refractivity contribution in [3.05, 3.63) is 21.4 Å². The largest absolute Gasteiger partial charge is 0.480 e. The SMILES string of the molecule is O=C(N[C@@H](CCO)C(=O)O)c1cc2c(s1)CCCCC2. The van der Waals surface area contributed by atoms with E-state index in [1.807, 2.05) is 6.07 Å². The first-order valence-corrected chi connectivity index (χ1v) is 7.69. The van der Waals surface area contributed by atoms with Gasteiger partial charge in [-0.25, -0.2) is 4.79 Å². The fraction of sp³-hybridized carbons (Fsp3) is 0.571. The van der Waals surface area contributed by atoms with Crippen LogP contribution in [0.1, 0.15) is 45.8 Å². The molecule has 0 radical (unpaired) electrons. The topological polar surface area (TPSA) is 86.6 Å². The van der Waals surface area contributed by atoms with E-state index < -0.39 is 12.0 Å². The van der Waals surface area contributed by atoms with E-state index >= 15 is 0 Å². The van der Waals surface area contributed by atoms with Crippen molar-refractivity contribution < 1.29 is 19.8 Å². The predicted molar refractivity (Wildman–Crippen MR) is 76.2 cm³/mol. The number of carbonyl (C=O) groups excluding carboxylic acids is 1. The molecule has 1 amide bonds. The monoisotopic (exact) mass is 297 g/mol. The highest BCUT2D eigenvalue weighted by Gasteiger charge is 2.22. The van der Waals surface area contributed by atoms with Crippen molar-refractivity contribution in [3.8, 4) is 0 Å². The molecule has 2 rings (SSSR count). The van der Waals surface area contributed by atoms with Crippen molar-refractivity contribution in [3.63, 3.8) is 0 Å². The molecule has 20 heavy (non-hydrogen) atoms. The van der Waals surface area contributed by atoms with Gasteiger partial charge in [0, 0.05) is 17.9 Å². The molecule has 0 spiro atoms. The Morgan fingerprint density at radius 3 is 2.75 bits per heavy atom. The van der Waals surface area contributed by atoms with Crippen LogP contribution < -0.4 is 5.32 Å². The van der Waals surface area contributed by atoms with Crippen LogP contribution in [0.3, 0.4) is 0 Å². The van der Waals surface area contributed by atoms with Gasteiger partial charge in [-0.15, -0.1) is 11.3 Å². The second-order valence-electron chi connectivity index (χ2n) is 5.00. The summed E-state index contributed by atoms with van der Waals surface area (Å²) >= 11 is 1.46. The summed E-state index contributed by atoms with van der Waals surface area (Å²) in [5.74, 6) is -1.48. The lowest BCUT2D eigenvalue weighted by molar-refractivity contribution is -0.139. The zero-order valence-corrected chi connectivity index (χ0v) is 12.0. The molecule has 0 aliphatic heterocycles. The Hall–Kier alpha value is -1.40. The second-order valence-corrected chi connectivity index (χ2v) is 6.13. The Morgan fingerprint density at radius 2 is 2.05 bits per heavy atom. The number of rotatable bonds is 5. The lowest BCUT2D eigenvalue weighted by atomic mass is 10.1. The summed E-state index contributed by atoms with van der Waals surface area (Å²) in [5.41, 5.74) is 1.23. The molecule has 110 valence electrons. The van der Waals surface area contributed by atoms with E-state index in [9.17, 15) is 9.59 Å². The van der Waals surface area contributed by atoms with Crippen LogP contribution in [0, 0.1) is 0 Å². The third-order valence-electron chi connectivity index (χ3n) is 3.49. The fourth-order valence-corrected chi connectivity index (χ4v) is 3.55. The summed E-state index contributed by atoms with van der Waals surface area (Å²) in [7, 11) is 0. The van der Waals surface area contributed by atoms with Crippen molar-refractivity contribution in [1.82, 2.24) is 5.32 Å². The van der Waals surface area contributed by atoms with E-state index in [0.29, 0.717) is 4.88 Å². The molecule has 6 heteroatoms. The lowest BCUT2D eigenvalue weighted by Crippen LogP contribution is -2.41. The molecule has 1 aliphatic carbocycles. The van der Waals surface area contributed by atoms with E-state index in [4.69, 9.17) is 10.2 Å². The van der Waals surface area contributed by atoms with Crippen LogP contribution in [0.2, 0.25) is 0 Å². The van der Waals surface area contributed by atoms with Crippen LogP contribution in [0.4, 0.5) is 0 Å². The summed E-state index contributed by atoms with van der Waals surface area (Å²) in [6, 6.07) is 0.854. The third-order valence-corrected chi connectivity index (χ3v) is 4.73. The van der Waals surface area contributed by atoms with E-state index in [2.05, 4.69) is 5.32 Å². The van der Waals surface area contributed by atoms with Gasteiger partial charge in [0.25, 0.3) is 5.91 Å². The van der Waals surface area contributed by atoms with Crippen LogP contribution in [0.25, 0.3) is 0 Å². The number of aryl methyl sites for hydroxylation is 2. The Bertz CT molecular complexity index is 474. The lowest BCUT2D eigenvalue weighted by Gasteiger charge is -2.12. The van der Waals surface area contributed by atoms with Crippen LogP contribution >= 0.6 is 11.3 Å². The maximum Gasteiger partial charge on any atom is 0.326 e. The highest BCUT2D eigenvalue weighted by Crippen LogP contribution is 2.28. The zero-order valence-electron chi connectivity index (χ0n) is 11.2. The molecule has 0 saturated carbocycles. The number of fused-ring (bicyclic) bond motifs is 1. The molecule has 1 aliphatic rings. The van der Waals surface area contributed by atoms with Crippen LogP contribution in [0.15, 0.2) is 6.07 Å². The minimum absolute atomic E-state index is 0.0200. The first kappa shape index (κ1) is 15.0. The summed E-state index contributed by atoms with van der Waals surface area (Å²) in [4.78, 5) is 24.9. The second kappa shape index (κ2) is 6.85. The highest BCUT2D eigenvalue weighted by molar-refractivity contribution is 7.14. The van der Waals surface area contributed by atoms with Gasteiger partial charge in [0.15, 0.2) is 0 Å². The molecule has 1 heterocycles. The minimum Gasteiger partial charge on any atom is -0.480 e. The van der Waals surface area contributed by atoms with Gasteiger partial charge in [0.1, 0.15) is 6.04 Å². The van der Waals surface area contributed by atoms with Gasteiger partial charge in [-0.3, -0.25) is 4.79 Å². The van der Waals surface area contributed by atoms with Crippen LogP contribution in [-0.4, -0.2) is 34.7 Å². The average Bonchev–Trinajstić information content (AvgIpc) is 2.69. The Labute approximate surface area is 121 Å². The normalized spacial score (nSPS) is 16.1. The van der Waals surface area contributed by atoms with Crippen molar-refractivity contribution in [2.75, 3.05) is 6.61 Å². The van der Waals surface area contributed by atoms with Gasteiger partial charge in [-0.1, -0.05) is 6.42 Å². The zero-order chi connectivity index (χ0) is 14.5. The molecular formula is C14H19NO4S. The maximum atomic E-state index is 12.1. The minimum atomic E-state index is -1.12. The summed E-state index contributed by atoms with van der Waals surface area (Å²) < 4.78 is 0. The van der Waals surface area contributed by atoms with Gasteiger partial charge < -0.3 is 15.5 Å². The van der Waals surface area contributed by atoms with E-state index in [1.54, 1.807) is 0 Å². The number of carboxylic acid groups (broad SMARTS) is 1. The molecule has 1 atom stereocenters. The number of nitrogens with one attached hydrogen (secondary N) is 1. The number of aliphatic carboxylic acids is 1. The molecule has 0 fully saturated rings. The van der Waals surface area contributed by atoms with Crippen LogP contribution in [-0.2, 0) is 17.6 Å². The number of amides is 1. The van der Waals surface area contributed by atoms with Crippen molar-refractivity contribution in [1.29, 1.82) is 0 Å². The van der Waals surface area contributed by atoms with Gasteiger partial charge >= 0.3 is 5.97 Å². The highest BCUT2D eigenvalue weighted by atomic mass is 32.1. The Kier molecular flexibility index (Phi) is 5.14. The van der Waals surface area contributed by atoms with E-state index in [-0.39, 0.29) is 18.9 Å². The quantitative estimate of drug-likeness (QED) is 0.720. The molecule has 0 aromatic carbocycles. The van der Waals surface area contributed by atoms with Crippen molar-refractivity contribution in [2.45, 2.75) is 44.6 Å². The number of carboxylic acids is 1. The van der Waals surface area contributed by atoms with E-state index in [0.717, 1.165) is 25.7 Å². The van der Waals surface area contributed by atoms with Crippen LogP contribution in [0.5, 0.6) is 0 Å². The van der Waals surface area contributed by atoms with Gasteiger partial charge in [0.05, 0.1) is 4.88 Å². The first-order chi connectivity index (χ1) is 9.61. The molecular weight excluding hydrogens is 278 g/mol. The van der Waals surface area contributed by atoms with Crippen molar-refractivity contribution in [2.24, 2.45) is 0 Å². The molecule has 3 N–H and O–H groups in total. The van der Waals surface area contributed by atoms with E-state index in [1.165, 1.54) is 28.2 Å². The molecule has 0 saturated heterocycles. The smallest absolute Gasteiger partial charge is 0.326 e. The number of aliphatic hydroxyl groups is 1. The summed E-state index contributed by atoms with van der Waals surface area (Å²) in [5, 5.41) is 20.3. The predicted octanol–water partition coefficient (Wildman–Crippen LogP) is 1.58. The Balaban J connectivity index is 2.07. The number of hydrogen-bond donors (Lipinski definition) is 3. The fourth-order valence-electron chi connectivity index (χ4n) is 2.40.